The predicted octanol–water partition coefficient (Wildman–Crippen LogP) is 1.80. The highest BCUT2D eigenvalue weighted by Crippen LogP contribution is 2.19. The van der Waals surface area contributed by atoms with E-state index >= 15 is 0 Å². The zero-order valence-corrected chi connectivity index (χ0v) is 15.5. The Hall–Kier alpha value is -3.49. The quantitative estimate of drug-likeness (QED) is 0.689. The molecule has 0 saturated carbocycles. The second-order valence-corrected chi connectivity index (χ2v) is 6.09. The number of carbonyl (C=O) groups excluding carboxylic acids is 2. The lowest BCUT2D eigenvalue weighted by Gasteiger charge is -2.14. The molecule has 0 unspecified atom stereocenters. The third-order valence-electron chi connectivity index (χ3n) is 4.20. The monoisotopic (exact) mass is 368 g/mol. The maximum Gasteiger partial charge on any atom is 0.338 e. The number of benzene rings is 1. The largest absolute Gasteiger partial charge is 0.449 e. The maximum atomic E-state index is 12.4. The van der Waals surface area contributed by atoms with Gasteiger partial charge in [-0.1, -0.05) is 0 Å². The molecule has 0 radical (unpaired) electrons. The number of ether oxygens (including phenoxy) is 1. The van der Waals surface area contributed by atoms with Crippen LogP contribution in [0.15, 0.2) is 36.9 Å². The molecule has 9 heteroatoms. The molecule has 1 N–H and O–H groups in total. The van der Waals surface area contributed by atoms with Gasteiger partial charge in [0.2, 0.25) is 0 Å². The summed E-state index contributed by atoms with van der Waals surface area (Å²) in [6, 6.07) is 6.66. The molecule has 3 aromatic rings. The normalized spacial score (nSPS) is 11.9. The molecule has 140 valence electrons. The van der Waals surface area contributed by atoms with Crippen molar-refractivity contribution in [2.45, 2.75) is 26.9 Å². The third-order valence-corrected chi connectivity index (χ3v) is 4.20. The predicted molar refractivity (Wildman–Crippen MR) is 97.5 cm³/mol. The van der Waals surface area contributed by atoms with Gasteiger partial charge in [-0.3, -0.25) is 9.48 Å². The Bertz CT molecular complexity index is 960. The van der Waals surface area contributed by atoms with E-state index < -0.39 is 18.0 Å². The van der Waals surface area contributed by atoms with Gasteiger partial charge in [-0.25, -0.2) is 14.5 Å². The number of nitrogens with zero attached hydrogens (tertiary/aromatic N) is 5. The number of rotatable bonds is 5. The summed E-state index contributed by atoms with van der Waals surface area (Å²) in [6.07, 6.45) is 2.03. The number of hydrogen-bond donors (Lipinski definition) is 1. The Kier molecular flexibility index (Phi) is 5.02. The summed E-state index contributed by atoms with van der Waals surface area (Å²) >= 11 is 0. The van der Waals surface area contributed by atoms with E-state index in [-0.39, 0.29) is 0 Å². The van der Waals surface area contributed by atoms with E-state index in [2.05, 4.69) is 20.5 Å². The zero-order valence-electron chi connectivity index (χ0n) is 15.5. The number of anilines is 1. The summed E-state index contributed by atoms with van der Waals surface area (Å²) in [5.74, 6) is -0.996. The molecule has 0 aliphatic heterocycles. The highest BCUT2D eigenvalue weighted by atomic mass is 16.5. The molecule has 2 heterocycles. The standard InChI is InChI=1S/C18H20N6O3/c1-11-16(12(2)23(4)22-11)21-17(25)13(3)27-18(26)14-5-7-15(8-6-14)24-10-19-9-20-24/h5-10,13H,1-4H3,(H,21,25)/t13-/m0/s1. The van der Waals surface area contributed by atoms with E-state index in [1.165, 1.54) is 13.3 Å². The molecule has 0 aliphatic rings. The van der Waals surface area contributed by atoms with Gasteiger partial charge in [0.25, 0.3) is 5.91 Å². The lowest BCUT2D eigenvalue weighted by Crippen LogP contribution is -2.30. The Morgan fingerprint density at radius 2 is 1.89 bits per heavy atom. The Balaban J connectivity index is 1.63. The van der Waals surface area contributed by atoms with Crippen molar-refractivity contribution in [3.8, 4) is 5.69 Å². The van der Waals surface area contributed by atoms with Crippen LogP contribution in [0.2, 0.25) is 0 Å². The van der Waals surface area contributed by atoms with Crippen LogP contribution in [-0.2, 0) is 16.6 Å². The fraction of sp³-hybridized carbons (Fsp3) is 0.278. The number of aryl methyl sites for hydroxylation is 2. The van der Waals surface area contributed by atoms with Gasteiger partial charge in [0, 0.05) is 7.05 Å². The van der Waals surface area contributed by atoms with Crippen molar-refractivity contribution in [3.63, 3.8) is 0 Å². The maximum absolute atomic E-state index is 12.4. The number of esters is 1. The van der Waals surface area contributed by atoms with Crippen LogP contribution < -0.4 is 5.32 Å². The summed E-state index contributed by atoms with van der Waals surface area (Å²) < 4.78 is 8.53. The van der Waals surface area contributed by atoms with Gasteiger partial charge in [0.15, 0.2) is 6.10 Å². The molecule has 27 heavy (non-hydrogen) atoms. The lowest BCUT2D eigenvalue weighted by molar-refractivity contribution is -0.123. The summed E-state index contributed by atoms with van der Waals surface area (Å²) in [6.45, 7) is 5.18. The molecule has 1 aromatic carbocycles. The van der Waals surface area contributed by atoms with Crippen molar-refractivity contribution < 1.29 is 14.3 Å². The number of nitrogens with one attached hydrogen (secondary N) is 1. The molecule has 0 spiro atoms. The Labute approximate surface area is 156 Å². The smallest absolute Gasteiger partial charge is 0.338 e. The minimum absolute atomic E-state index is 0.340. The van der Waals surface area contributed by atoms with Crippen LogP contribution in [0.3, 0.4) is 0 Å². The van der Waals surface area contributed by atoms with E-state index in [1.54, 1.807) is 53.9 Å². The summed E-state index contributed by atoms with van der Waals surface area (Å²) in [5, 5.41) is 11.0. The van der Waals surface area contributed by atoms with E-state index in [9.17, 15) is 9.59 Å². The fourth-order valence-corrected chi connectivity index (χ4v) is 2.55. The molecule has 3 rings (SSSR count). The van der Waals surface area contributed by atoms with Crippen molar-refractivity contribution in [1.82, 2.24) is 24.5 Å². The molecule has 2 aromatic heterocycles. The average Bonchev–Trinajstić information content (AvgIpc) is 3.26. The molecular formula is C18H20N6O3. The summed E-state index contributed by atoms with van der Waals surface area (Å²) in [5.41, 5.74) is 3.25. The van der Waals surface area contributed by atoms with Crippen LogP contribution >= 0.6 is 0 Å². The molecule has 0 fully saturated rings. The zero-order chi connectivity index (χ0) is 19.6. The van der Waals surface area contributed by atoms with Crippen molar-refractivity contribution in [3.05, 3.63) is 53.9 Å². The van der Waals surface area contributed by atoms with Crippen LogP contribution in [0.4, 0.5) is 5.69 Å². The number of hydrogen-bond acceptors (Lipinski definition) is 6. The fourth-order valence-electron chi connectivity index (χ4n) is 2.55. The third kappa shape index (κ3) is 3.86. The average molecular weight is 368 g/mol. The van der Waals surface area contributed by atoms with Crippen molar-refractivity contribution >= 4 is 17.6 Å². The highest BCUT2D eigenvalue weighted by Gasteiger charge is 2.21. The van der Waals surface area contributed by atoms with Gasteiger partial charge >= 0.3 is 5.97 Å². The van der Waals surface area contributed by atoms with Crippen molar-refractivity contribution in [1.29, 1.82) is 0 Å². The van der Waals surface area contributed by atoms with Gasteiger partial charge < -0.3 is 10.1 Å². The van der Waals surface area contributed by atoms with E-state index in [1.807, 2.05) is 6.92 Å². The molecule has 0 saturated heterocycles. The molecule has 1 amide bonds. The van der Waals surface area contributed by atoms with Crippen molar-refractivity contribution in [2.75, 3.05) is 5.32 Å². The first-order valence-electron chi connectivity index (χ1n) is 8.34. The Morgan fingerprint density at radius 1 is 1.19 bits per heavy atom. The second kappa shape index (κ2) is 7.40. The van der Waals surface area contributed by atoms with Crippen molar-refractivity contribution in [2.24, 2.45) is 7.05 Å². The van der Waals surface area contributed by atoms with Gasteiger partial charge in [0.1, 0.15) is 12.7 Å². The first-order valence-corrected chi connectivity index (χ1v) is 8.34. The van der Waals surface area contributed by atoms with Crippen LogP contribution in [0, 0.1) is 13.8 Å². The molecule has 9 nitrogen and oxygen atoms in total. The first kappa shape index (κ1) is 18.3. The lowest BCUT2D eigenvalue weighted by atomic mass is 10.2. The van der Waals surface area contributed by atoms with Gasteiger partial charge in [-0.05, 0) is 45.0 Å². The molecule has 0 bridgehead atoms. The first-order chi connectivity index (χ1) is 12.9. The summed E-state index contributed by atoms with van der Waals surface area (Å²) in [7, 11) is 1.80. The number of aromatic nitrogens is 5. The van der Waals surface area contributed by atoms with Gasteiger partial charge in [-0.2, -0.15) is 10.2 Å². The van der Waals surface area contributed by atoms with Crippen LogP contribution in [0.5, 0.6) is 0 Å². The number of amides is 1. The van der Waals surface area contributed by atoms with Crippen LogP contribution in [0.1, 0.15) is 28.7 Å². The van der Waals surface area contributed by atoms with Crippen LogP contribution in [0.25, 0.3) is 5.69 Å². The highest BCUT2D eigenvalue weighted by molar-refractivity contribution is 5.98. The SMILES string of the molecule is Cc1nn(C)c(C)c1NC(=O)[C@H](C)OC(=O)c1ccc(-n2cncn2)cc1. The van der Waals surface area contributed by atoms with E-state index in [0.717, 1.165) is 11.4 Å². The molecular weight excluding hydrogens is 348 g/mol. The summed E-state index contributed by atoms with van der Waals surface area (Å²) in [4.78, 5) is 28.5. The van der Waals surface area contributed by atoms with Gasteiger partial charge in [-0.15, -0.1) is 0 Å². The molecule has 1 atom stereocenters. The van der Waals surface area contributed by atoms with Gasteiger partial charge in [0.05, 0.1) is 28.3 Å². The van der Waals surface area contributed by atoms with Crippen LogP contribution in [-0.4, -0.2) is 42.5 Å². The molecule has 0 aliphatic carbocycles. The van der Waals surface area contributed by atoms with E-state index in [0.29, 0.717) is 16.9 Å². The number of carbonyl (C=O) groups is 2. The minimum Gasteiger partial charge on any atom is -0.449 e. The topological polar surface area (TPSA) is 104 Å². The van der Waals surface area contributed by atoms with E-state index in [4.69, 9.17) is 4.74 Å². The Morgan fingerprint density at radius 3 is 2.44 bits per heavy atom. The second-order valence-electron chi connectivity index (χ2n) is 6.09. The minimum atomic E-state index is -0.952.